The summed E-state index contributed by atoms with van der Waals surface area (Å²) in [5.41, 5.74) is 6.29. The Balaban J connectivity index is 1.40. The first kappa shape index (κ1) is 23.3. The van der Waals surface area contributed by atoms with Crippen LogP contribution >= 0.6 is 0 Å². The smallest absolute Gasteiger partial charge is 0.164 e. The van der Waals surface area contributed by atoms with Gasteiger partial charge in [0.2, 0.25) is 0 Å². The van der Waals surface area contributed by atoms with Gasteiger partial charge < -0.3 is 4.57 Å². The normalized spacial score (nSPS) is 11.4. The SMILES string of the molecule is c1ccc(-c2nc(-c3ccccc3)nc(-c3ccc4c5ccccc5n(-c5cccc6ccccc56)c4c3)n2)cc1. The number of nitrogens with zero attached hydrogens (tertiary/aromatic N) is 4. The van der Waals surface area contributed by atoms with Gasteiger partial charge in [-0.3, -0.25) is 0 Å². The van der Waals surface area contributed by atoms with E-state index >= 15 is 0 Å². The Labute approximate surface area is 237 Å². The van der Waals surface area contributed by atoms with Crippen LogP contribution in [0.4, 0.5) is 0 Å². The molecule has 4 heteroatoms. The van der Waals surface area contributed by atoms with Crippen molar-refractivity contribution >= 4 is 32.6 Å². The molecule has 8 aromatic rings. The van der Waals surface area contributed by atoms with Crippen molar-refractivity contribution in [2.45, 2.75) is 0 Å². The van der Waals surface area contributed by atoms with Crippen LogP contribution < -0.4 is 0 Å². The van der Waals surface area contributed by atoms with E-state index in [9.17, 15) is 0 Å². The zero-order valence-corrected chi connectivity index (χ0v) is 22.1. The quantitative estimate of drug-likeness (QED) is 0.231. The van der Waals surface area contributed by atoms with Crippen LogP contribution in [0.2, 0.25) is 0 Å². The van der Waals surface area contributed by atoms with E-state index in [0.29, 0.717) is 17.5 Å². The van der Waals surface area contributed by atoms with Gasteiger partial charge >= 0.3 is 0 Å². The number of rotatable bonds is 4. The Hall–Kier alpha value is -5.61. The first-order valence-electron chi connectivity index (χ1n) is 13.7. The molecule has 0 spiro atoms. The van der Waals surface area contributed by atoms with Gasteiger partial charge in [-0.15, -0.1) is 0 Å². The fourth-order valence-corrected chi connectivity index (χ4v) is 5.71. The predicted octanol–water partition coefficient (Wildman–Crippen LogP) is 9.12. The third-order valence-electron chi connectivity index (χ3n) is 7.64. The minimum atomic E-state index is 0.648. The monoisotopic (exact) mass is 524 g/mol. The molecule has 41 heavy (non-hydrogen) atoms. The largest absolute Gasteiger partial charge is 0.309 e. The first-order chi connectivity index (χ1) is 20.3. The molecular weight excluding hydrogens is 500 g/mol. The second-order valence-corrected chi connectivity index (χ2v) is 10.1. The van der Waals surface area contributed by atoms with E-state index in [1.807, 2.05) is 60.7 Å². The van der Waals surface area contributed by atoms with Gasteiger partial charge in [0.25, 0.3) is 0 Å². The summed E-state index contributed by atoms with van der Waals surface area (Å²) in [5.74, 6) is 1.96. The molecule has 2 aromatic heterocycles. The molecule has 0 aliphatic rings. The highest BCUT2D eigenvalue weighted by Gasteiger charge is 2.17. The van der Waals surface area contributed by atoms with E-state index in [0.717, 1.165) is 27.9 Å². The van der Waals surface area contributed by atoms with Crippen molar-refractivity contribution in [1.29, 1.82) is 0 Å². The second-order valence-electron chi connectivity index (χ2n) is 10.1. The summed E-state index contributed by atoms with van der Waals surface area (Å²) in [5, 5.41) is 4.83. The molecule has 0 amide bonds. The van der Waals surface area contributed by atoms with Crippen molar-refractivity contribution in [2.24, 2.45) is 0 Å². The standard InChI is InChI=1S/C37H24N4/c1-3-13-26(14-4-1)35-38-36(27-15-5-2-6-16-27)40-37(39-35)28-22-23-31-30-19-9-10-20-33(30)41(34(31)24-28)32-21-11-17-25-12-7-8-18-29(25)32/h1-24H. The number of hydrogen-bond acceptors (Lipinski definition) is 3. The lowest BCUT2D eigenvalue weighted by atomic mass is 10.1. The van der Waals surface area contributed by atoms with Gasteiger partial charge in [0.15, 0.2) is 17.5 Å². The number of hydrogen-bond donors (Lipinski definition) is 0. The molecule has 0 N–H and O–H groups in total. The van der Waals surface area contributed by atoms with Crippen LogP contribution in [0.3, 0.4) is 0 Å². The first-order valence-corrected chi connectivity index (χ1v) is 13.7. The Morgan fingerprint density at radius 2 is 0.902 bits per heavy atom. The summed E-state index contributed by atoms with van der Waals surface area (Å²) in [7, 11) is 0. The molecule has 0 saturated heterocycles. The molecule has 0 bridgehead atoms. The van der Waals surface area contributed by atoms with Gasteiger partial charge in [0.1, 0.15) is 0 Å². The lowest BCUT2D eigenvalue weighted by molar-refractivity contribution is 1.07. The van der Waals surface area contributed by atoms with Gasteiger partial charge in [-0.1, -0.05) is 127 Å². The van der Waals surface area contributed by atoms with Crippen LogP contribution in [0.25, 0.3) is 72.4 Å². The van der Waals surface area contributed by atoms with Crippen molar-refractivity contribution in [1.82, 2.24) is 19.5 Å². The highest BCUT2D eigenvalue weighted by atomic mass is 15.0. The second kappa shape index (κ2) is 9.54. The van der Waals surface area contributed by atoms with Crippen molar-refractivity contribution in [3.8, 4) is 39.9 Å². The molecular formula is C37H24N4. The summed E-state index contributed by atoms with van der Waals surface area (Å²) < 4.78 is 2.37. The molecule has 0 aliphatic heterocycles. The van der Waals surface area contributed by atoms with E-state index in [4.69, 9.17) is 15.0 Å². The highest BCUT2D eigenvalue weighted by molar-refractivity contribution is 6.11. The van der Waals surface area contributed by atoms with E-state index in [2.05, 4.69) is 89.5 Å². The van der Waals surface area contributed by atoms with E-state index < -0.39 is 0 Å². The zero-order chi connectivity index (χ0) is 27.2. The van der Waals surface area contributed by atoms with Gasteiger partial charge in [-0.25, -0.2) is 15.0 Å². The Morgan fingerprint density at radius 1 is 0.366 bits per heavy atom. The molecule has 2 heterocycles. The molecule has 4 nitrogen and oxygen atoms in total. The number of benzene rings is 6. The van der Waals surface area contributed by atoms with Crippen LogP contribution in [0.1, 0.15) is 0 Å². The van der Waals surface area contributed by atoms with Gasteiger partial charge in [0.05, 0.1) is 16.7 Å². The Morgan fingerprint density at radius 3 is 1.61 bits per heavy atom. The summed E-state index contributed by atoms with van der Waals surface area (Å²) in [4.78, 5) is 14.8. The molecule has 0 atom stereocenters. The minimum Gasteiger partial charge on any atom is -0.309 e. The third-order valence-corrected chi connectivity index (χ3v) is 7.64. The average Bonchev–Trinajstić information content (AvgIpc) is 3.38. The average molecular weight is 525 g/mol. The topological polar surface area (TPSA) is 43.6 Å². The summed E-state index contributed by atoms with van der Waals surface area (Å²) in [6, 6.07) is 50.4. The Kier molecular flexibility index (Phi) is 5.42. The van der Waals surface area contributed by atoms with E-state index in [1.165, 1.54) is 27.1 Å². The lowest BCUT2D eigenvalue weighted by Gasteiger charge is -2.12. The summed E-state index contributed by atoms with van der Waals surface area (Å²) in [6.45, 7) is 0. The zero-order valence-electron chi connectivity index (χ0n) is 22.1. The molecule has 0 fully saturated rings. The summed E-state index contributed by atoms with van der Waals surface area (Å²) in [6.07, 6.45) is 0. The van der Waals surface area contributed by atoms with Crippen LogP contribution in [-0.2, 0) is 0 Å². The Bertz CT molecular complexity index is 2140. The third kappa shape index (κ3) is 3.97. The maximum absolute atomic E-state index is 4.98. The maximum Gasteiger partial charge on any atom is 0.164 e. The van der Waals surface area contributed by atoms with Crippen molar-refractivity contribution < 1.29 is 0 Å². The number of fused-ring (bicyclic) bond motifs is 4. The fraction of sp³-hybridized carbons (Fsp3) is 0. The van der Waals surface area contributed by atoms with Crippen molar-refractivity contribution in [3.63, 3.8) is 0 Å². The predicted molar refractivity (Wildman–Crippen MR) is 168 cm³/mol. The molecule has 6 aromatic carbocycles. The van der Waals surface area contributed by atoms with E-state index in [1.54, 1.807) is 0 Å². The van der Waals surface area contributed by atoms with Gasteiger partial charge in [-0.05, 0) is 23.6 Å². The minimum absolute atomic E-state index is 0.648. The molecule has 0 unspecified atom stereocenters. The number of aromatic nitrogens is 4. The fourth-order valence-electron chi connectivity index (χ4n) is 5.71. The molecule has 192 valence electrons. The molecule has 0 radical (unpaired) electrons. The highest BCUT2D eigenvalue weighted by Crippen LogP contribution is 2.36. The van der Waals surface area contributed by atoms with Crippen LogP contribution in [0.15, 0.2) is 146 Å². The van der Waals surface area contributed by atoms with Crippen molar-refractivity contribution in [2.75, 3.05) is 0 Å². The van der Waals surface area contributed by atoms with Crippen LogP contribution in [0.5, 0.6) is 0 Å². The van der Waals surface area contributed by atoms with Crippen LogP contribution in [-0.4, -0.2) is 19.5 Å². The molecule has 8 rings (SSSR count). The van der Waals surface area contributed by atoms with Gasteiger partial charge in [-0.2, -0.15) is 0 Å². The lowest BCUT2D eigenvalue weighted by Crippen LogP contribution is -2.00. The van der Waals surface area contributed by atoms with Gasteiger partial charge in [0, 0.05) is 32.8 Å². The number of para-hydroxylation sites is 1. The summed E-state index contributed by atoms with van der Waals surface area (Å²) >= 11 is 0. The van der Waals surface area contributed by atoms with E-state index in [-0.39, 0.29) is 0 Å². The van der Waals surface area contributed by atoms with Crippen molar-refractivity contribution in [3.05, 3.63) is 146 Å². The maximum atomic E-state index is 4.98. The van der Waals surface area contributed by atoms with Crippen LogP contribution in [0, 0.1) is 0 Å². The molecule has 0 aliphatic carbocycles. The molecule has 0 saturated carbocycles.